The number of aromatic nitrogens is 5. The highest BCUT2D eigenvalue weighted by Gasteiger charge is 2.25. The van der Waals surface area contributed by atoms with Crippen LogP contribution in [0.25, 0.3) is 0 Å². The number of nitrogens with zero attached hydrogens (tertiary/aromatic N) is 6. The van der Waals surface area contributed by atoms with E-state index < -0.39 is 5.82 Å². The summed E-state index contributed by atoms with van der Waals surface area (Å²) < 4.78 is 16.1. The van der Waals surface area contributed by atoms with Gasteiger partial charge in [-0.2, -0.15) is 9.78 Å². The van der Waals surface area contributed by atoms with Gasteiger partial charge in [0.2, 0.25) is 6.41 Å². The van der Waals surface area contributed by atoms with Gasteiger partial charge in [-0.25, -0.2) is 9.07 Å². The molecule has 0 fully saturated rings. The Labute approximate surface area is 158 Å². The second kappa shape index (κ2) is 6.92. The molecule has 0 bridgehead atoms. The van der Waals surface area contributed by atoms with Crippen LogP contribution in [0.3, 0.4) is 0 Å². The number of halogens is 2. The predicted octanol–water partition coefficient (Wildman–Crippen LogP) is 1.73. The van der Waals surface area contributed by atoms with Crippen molar-refractivity contribution >= 4 is 30.0 Å². The first-order valence-corrected chi connectivity index (χ1v) is 8.56. The molecule has 27 heavy (non-hydrogen) atoms. The smallest absolute Gasteiger partial charge is 0.235 e. The van der Waals surface area contributed by atoms with E-state index in [0.717, 1.165) is 16.1 Å². The Kier molecular flexibility index (Phi) is 4.44. The van der Waals surface area contributed by atoms with Crippen molar-refractivity contribution in [3.8, 4) is 0 Å². The molecule has 0 N–H and O–H groups in total. The summed E-state index contributed by atoms with van der Waals surface area (Å²) in [7, 11) is 0. The lowest BCUT2D eigenvalue weighted by molar-refractivity contribution is 0.112. The summed E-state index contributed by atoms with van der Waals surface area (Å²) in [6, 6.07) is 4.11. The van der Waals surface area contributed by atoms with E-state index in [1.54, 1.807) is 16.9 Å². The fourth-order valence-electron chi connectivity index (χ4n) is 3.20. The molecule has 10 heteroatoms. The topological polar surface area (TPSA) is 85.9 Å². The van der Waals surface area contributed by atoms with Crippen LogP contribution in [0.5, 0.6) is 0 Å². The van der Waals surface area contributed by atoms with Crippen molar-refractivity contribution in [2.24, 2.45) is 0 Å². The lowest BCUT2D eigenvalue weighted by atomic mass is 10.1. The predicted molar refractivity (Wildman–Crippen MR) is 95.1 cm³/mol. The van der Waals surface area contributed by atoms with Gasteiger partial charge in [0.15, 0.2) is 11.4 Å². The minimum absolute atomic E-state index is 0.253. The van der Waals surface area contributed by atoms with E-state index in [9.17, 15) is 14.0 Å². The van der Waals surface area contributed by atoms with Crippen LogP contribution in [0, 0.1) is 5.82 Å². The van der Waals surface area contributed by atoms with Gasteiger partial charge in [-0.1, -0.05) is 22.9 Å². The zero-order chi connectivity index (χ0) is 19.0. The van der Waals surface area contributed by atoms with Crippen LogP contribution in [0.1, 0.15) is 27.3 Å². The minimum atomic E-state index is -0.454. The van der Waals surface area contributed by atoms with Crippen molar-refractivity contribution in [3.63, 3.8) is 0 Å². The van der Waals surface area contributed by atoms with E-state index in [2.05, 4.69) is 15.4 Å². The number of aldehydes is 1. The van der Waals surface area contributed by atoms with Crippen molar-refractivity contribution in [3.05, 3.63) is 57.9 Å². The highest BCUT2D eigenvalue weighted by atomic mass is 35.5. The third kappa shape index (κ3) is 3.10. The van der Waals surface area contributed by atoms with Crippen LogP contribution in [0.4, 0.5) is 10.1 Å². The zero-order valence-corrected chi connectivity index (χ0v) is 14.8. The SMILES string of the molecule is O=Cc1cc(F)ccc1Cn1nnc2c1CCN(c1cnn(C=O)c1Cl)C2. The molecule has 1 aliphatic heterocycles. The van der Waals surface area contributed by atoms with E-state index in [-0.39, 0.29) is 5.15 Å². The Balaban J connectivity index is 1.58. The molecule has 0 amide bonds. The molecule has 0 saturated carbocycles. The average molecular weight is 389 g/mol. The van der Waals surface area contributed by atoms with Crippen LogP contribution in [0.2, 0.25) is 5.15 Å². The third-order valence-corrected chi connectivity index (χ3v) is 4.96. The zero-order valence-electron chi connectivity index (χ0n) is 14.0. The van der Waals surface area contributed by atoms with Gasteiger partial charge in [-0.3, -0.25) is 9.59 Å². The number of benzene rings is 1. The average Bonchev–Trinajstić information content (AvgIpc) is 3.25. The normalized spacial score (nSPS) is 13.5. The van der Waals surface area contributed by atoms with Gasteiger partial charge in [0.25, 0.3) is 0 Å². The van der Waals surface area contributed by atoms with Crippen LogP contribution in [-0.2, 0) is 24.3 Å². The molecule has 0 aliphatic carbocycles. The van der Waals surface area contributed by atoms with Crippen LogP contribution in [0.15, 0.2) is 24.4 Å². The maximum absolute atomic E-state index is 13.3. The highest BCUT2D eigenvalue weighted by Crippen LogP contribution is 2.29. The number of carbonyl (C=O) groups is 2. The molecule has 4 rings (SSSR count). The van der Waals surface area contributed by atoms with Crippen molar-refractivity contribution in [1.29, 1.82) is 0 Å². The molecule has 1 aliphatic rings. The quantitative estimate of drug-likeness (QED) is 0.619. The number of fused-ring (bicyclic) bond motifs is 1. The molecule has 1 aromatic carbocycles. The monoisotopic (exact) mass is 388 g/mol. The molecular formula is C17H14ClFN6O2. The summed E-state index contributed by atoms with van der Waals surface area (Å²) in [6.45, 7) is 1.46. The molecule has 8 nitrogen and oxygen atoms in total. The van der Waals surface area contributed by atoms with Crippen molar-refractivity contribution in [2.45, 2.75) is 19.5 Å². The summed E-state index contributed by atoms with van der Waals surface area (Å²) >= 11 is 6.17. The molecule has 3 heterocycles. The van der Waals surface area contributed by atoms with Gasteiger partial charge in [-0.05, 0) is 17.7 Å². The van der Waals surface area contributed by atoms with Crippen LogP contribution >= 0.6 is 11.6 Å². The first-order valence-electron chi connectivity index (χ1n) is 8.18. The standard InChI is InChI=1S/C17H14ClFN6O2/c18-17-16(6-20-25(17)10-27)23-4-3-15-14(8-23)21-22-24(15)7-11-1-2-13(19)5-12(11)9-26/h1-2,5-6,9-10H,3-4,7-8H2. The number of carbonyl (C=O) groups excluding carboxylic acids is 2. The van der Waals surface area contributed by atoms with E-state index in [0.29, 0.717) is 55.6 Å². The van der Waals surface area contributed by atoms with Gasteiger partial charge >= 0.3 is 0 Å². The van der Waals surface area contributed by atoms with Crippen LogP contribution in [-0.4, -0.2) is 44.0 Å². The molecule has 0 saturated heterocycles. The van der Waals surface area contributed by atoms with Crippen molar-refractivity contribution in [2.75, 3.05) is 11.4 Å². The van der Waals surface area contributed by atoms with Crippen LogP contribution < -0.4 is 4.90 Å². The molecule has 138 valence electrons. The second-order valence-electron chi connectivity index (χ2n) is 6.14. The summed E-state index contributed by atoms with van der Waals surface area (Å²) in [5.41, 5.74) is 3.37. The van der Waals surface area contributed by atoms with E-state index in [1.165, 1.54) is 12.1 Å². The van der Waals surface area contributed by atoms with Gasteiger partial charge in [0, 0.05) is 18.5 Å². The maximum atomic E-state index is 13.3. The number of rotatable bonds is 5. The first kappa shape index (κ1) is 17.3. The van der Waals surface area contributed by atoms with Gasteiger partial charge in [0.1, 0.15) is 11.5 Å². The molecule has 3 aromatic rings. The Morgan fingerprint density at radius 2 is 2.15 bits per heavy atom. The largest absolute Gasteiger partial charge is 0.361 e. The summed E-state index contributed by atoms with van der Waals surface area (Å²) in [6.07, 6.45) is 3.38. The molecule has 0 unspecified atom stereocenters. The summed E-state index contributed by atoms with van der Waals surface area (Å²) in [4.78, 5) is 24.1. The summed E-state index contributed by atoms with van der Waals surface area (Å²) in [5.74, 6) is -0.454. The van der Waals surface area contributed by atoms with E-state index >= 15 is 0 Å². The number of hydrogen-bond acceptors (Lipinski definition) is 6. The van der Waals surface area contributed by atoms with Crippen molar-refractivity contribution < 1.29 is 14.0 Å². The van der Waals surface area contributed by atoms with E-state index in [1.807, 2.05) is 4.90 Å². The Morgan fingerprint density at radius 1 is 1.30 bits per heavy atom. The third-order valence-electron chi connectivity index (χ3n) is 4.59. The molecule has 0 atom stereocenters. The van der Waals surface area contributed by atoms with Gasteiger partial charge in [0.05, 0.1) is 30.7 Å². The molecule has 0 radical (unpaired) electrons. The van der Waals surface area contributed by atoms with Gasteiger partial charge < -0.3 is 4.90 Å². The first-order chi connectivity index (χ1) is 13.1. The minimum Gasteiger partial charge on any atom is -0.361 e. The number of hydrogen-bond donors (Lipinski definition) is 0. The maximum Gasteiger partial charge on any atom is 0.235 e. The Bertz CT molecular complexity index is 1030. The molecular weight excluding hydrogens is 375 g/mol. The Hall–Kier alpha value is -3.07. The fraction of sp³-hybridized carbons (Fsp3) is 0.235. The molecule has 2 aromatic heterocycles. The lowest BCUT2D eigenvalue weighted by Crippen LogP contribution is -2.31. The highest BCUT2D eigenvalue weighted by molar-refractivity contribution is 6.32. The molecule has 0 spiro atoms. The van der Waals surface area contributed by atoms with E-state index in [4.69, 9.17) is 11.6 Å². The van der Waals surface area contributed by atoms with Gasteiger partial charge in [-0.15, -0.1) is 5.10 Å². The second-order valence-corrected chi connectivity index (χ2v) is 6.50. The van der Waals surface area contributed by atoms with Crippen molar-refractivity contribution in [1.82, 2.24) is 24.8 Å². The number of anilines is 1. The fourth-order valence-corrected chi connectivity index (χ4v) is 3.45. The summed E-state index contributed by atoms with van der Waals surface area (Å²) in [5, 5.41) is 12.6. The lowest BCUT2D eigenvalue weighted by Gasteiger charge is -2.27. The Morgan fingerprint density at radius 3 is 2.89 bits per heavy atom.